The Labute approximate surface area is 122 Å². The van der Waals surface area contributed by atoms with E-state index in [0.717, 1.165) is 32.2 Å². The fourth-order valence-electron chi connectivity index (χ4n) is 2.90. The lowest BCUT2D eigenvalue weighted by molar-refractivity contribution is -0.128. The van der Waals surface area contributed by atoms with Gasteiger partial charge in [0.1, 0.15) is 6.42 Å². The minimum atomic E-state index is -4.29. The molecule has 1 aromatic heterocycles. The van der Waals surface area contributed by atoms with Crippen LogP contribution in [0.4, 0.5) is 13.2 Å². The Morgan fingerprint density at radius 1 is 1.29 bits per heavy atom. The van der Waals surface area contributed by atoms with Gasteiger partial charge in [-0.15, -0.1) is 0 Å². The third kappa shape index (κ3) is 5.30. The summed E-state index contributed by atoms with van der Waals surface area (Å²) >= 11 is 0. The van der Waals surface area contributed by atoms with Gasteiger partial charge in [-0.2, -0.15) is 18.2 Å². The number of halogens is 3. The van der Waals surface area contributed by atoms with Crippen LogP contribution in [0.2, 0.25) is 0 Å². The number of rotatable bonds is 6. The van der Waals surface area contributed by atoms with Gasteiger partial charge >= 0.3 is 6.18 Å². The Hall–Kier alpha value is -1.11. The van der Waals surface area contributed by atoms with Crippen LogP contribution in [-0.2, 0) is 12.8 Å². The third-order valence-corrected chi connectivity index (χ3v) is 3.87. The molecule has 0 spiro atoms. The zero-order chi connectivity index (χ0) is 15.3. The number of aromatic nitrogens is 2. The molecular weight excluding hydrogens is 283 g/mol. The first-order valence-corrected chi connectivity index (χ1v) is 7.59. The van der Waals surface area contributed by atoms with E-state index in [-0.39, 0.29) is 5.82 Å². The molecule has 1 saturated carbocycles. The molecule has 120 valence electrons. The van der Waals surface area contributed by atoms with Crippen molar-refractivity contribution in [3.63, 3.8) is 0 Å². The molecule has 1 fully saturated rings. The molecule has 21 heavy (non-hydrogen) atoms. The van der Waals surface area contributed by atoms with E-state index in [4.69, 9.17) is 4.52 Å². The first-order valence-electron chi connectivity index (χ1n) is 7.59. The Bertz CT molecular complexity index is 433. The number of hydrogen-bond donors (Lipinski definition) is 1. The highest BCUT2D eigenvalue weighted by molar-refractivity contribution is 4.93. The molecule has 0 bridgehead atoms. The van der Waals surface area contributed by atoms with E-state index in [1.807, 2.05) is 0 Å². The molecular formula is C14H22F3N3O. The van der Waals surface area contributed by atoms with E-state index in [1.165, 1.54) is 6.42 Å². The van der Waals surface area contributed by atoms with Gasteiger partial charge in [0.2, 0.25) is 5.89 Å². The summed E-state index contributed by atoms with van der Waals surface area (Å²) in [4.78, 5) is 3.88. The fraction of sp³-hybridized carbons (Fsp3) is 0.857. The summed E-state index contributed by atoms with van der Waals surface area (Å²) in [5.41, 5.74) is 0. The Morgan fingerprint density at radius 3 is 2.76 bits per heavy atom. The molecule has 0 saturated heterocycles. The second kappa shape index (κ2) is 7.24. The van der Waals surface area contributed by atoms with Gasteiger partial charge in [-0.25, -0.2) is 0 Å². The van der Waals surface area contributed by atoms with Gasteiger partial charge in [-0.1, -0.05) is 24.9 Å². The molecule has 0 radical (unpaired) electrons. The summed E-state index contributed by atoms with van der Waals surface area (Å²) in [6.07, 6.45) is 0.716. The number of hydrogen-bond acceptors (Lipinski definition) is 4. The van der Waals surface area contributed by atoms with E-state index >= 15 is 0 Å². The first kappa shape index (κ1) is 16.3. The molecule has 0 aliphatic heterocycles. The summed E-state index contributed by atoms with van der Waals surface area (Å²) in [6, 6.07) is 0.400. The predicted octanol–water partition coefficient (Wildman–Crippen LogP) is 3.28. The van der Waals surface area contributed by atoms with Crippen LogP contribution in [0, 0.1) is 5.92 Å². The fourth-order valence-corrected chi connectivity index (χ4v) is 2.90. The van der Waals surface area contributed by atoms with Gasteiger partial charge in [-0.3, -0.25) is 0 Å². The Balaban J connectivity index is 1.92. The summed E-state index contributed by atoms with van der Waals surface area (Å²) in [5.74, 6) is 0.417. The Morgan fingerprint density at radius 2 is 2.05 bits per heavy atom. The summed E-state index contributed by atoms with van der Waals surface area (Å²) < 4.78 is 41.8. The zero-order valence-corrected chi connectivity index (χ0v) is 12.2. The molecule has 0 aromatic carbocycles. The van der Waals surface area contributed by atoms with Gasteiger partial charge in [0.05, 0.1) is 0 Å². The van der Waals surface area contributed by atoms with Crippen LogP contribution < -0.4 is 5.32 Å². The maximum absolute atomic E-state index is 12.3. The highest BCUT2D eigenvalue weighted by atomic mass is 19.4. The Kier molecular flexibility index (Phi) is 5.61. The van der Waals surface area contributed by atoms with Crippen molar-refractivity contribution in [1.82, 2.24) is 15.5 Å². The standard InChI is InChI=1S/C14H22F3N3O/c1-2-7-18-11-6-4-3-5-10(11)8-13-19-12(20-21-13)9-14(15,16)17/h10-11,18H,2-9H2,1H3. The second-order valence-corrected chi connectivity index (χ2v) is 5.71. The quantitative estimate of drug-likeness (QED) is 0.876. The van der Waals surface area contributed by atoms with Crippen LogP contribution in [0.5, 0.6) is 0 Å². The average Bonchev–Trinajstić information content (AvgIpc) is 2.83. The van der Waals surface area contributed by atoms with Crippen molar-refractivity contribution in [2.24, 2.45) is 5.92 Å². The molecule has 1 heterocycles. The van der Waals surface area contributed by atoms with Crippen molar-refractivity contribution < 1.29 is 17.7 Å². The van der Waals surface area contributed by atoms with Crippen molar-refractivity contribution in [3.8, 4) is 0 Å². The zero-order valence-electron chi connectivity index (χ0n) is 12.2. The predicted molar refractivity (Wildman–Crippen MR) is 71.8 cm³/mol. The number of nitrogens with zero attached hydrogens (tertiary/aromatic N) is 2. The third-order valence-electron chi connectivity index (χ3n) is 3.87. The SMILES string of the molecule is CCCNC1CCCCC1Cc1nc(CC(F)(F)F)no1. The maximum atomic E-state index is 12.3. The summed E-state index contributed by atoms with van der Waals surface area (Å²) in [6.45, 7) is 3.08. The highest BCUT2D eigenvalue weighted by Gasteiger charge is 2.31. The van der Waals surface area contributed by atoms with Gasteiger partial charge < -0.3 is 9.84 Å². The minimum absolute atomic E-state index is 0.272. The second-order valence-electron chi connectivity index (χ2n) is 5.71. The van der Waals surface area contributed by atoms with E-state index < -0.39 is 12.6 Å². The van der Waals surface area contributed by atoms with E-state index in [1.54, 1.807) is 0 Å². The first-order chi connectivity index (χ1) is 9.98. The van der Waals surface area contributed by atoms with Crippen LogP contribution in [0.3, 0.4) is 0 Å². The maximum Gasteiger partial charge on any atom is 0.396 e. The monoisotopic (exact) mass is 305 g/mol. The van der Waals surface area contributed by atoms with Crippen molar-refractivity contribution in [2.75, 3.05) is 6.54 Å². The van der Waals surface area contributed by atoms with Crippen molar-refractivity contribution in [3.05, 3.63) is 11.7 Å². The summed E-state index contributed by atoms with van der Waals surface area (Å²) in [5, 5.41) is 6.94. The molecule has 1 aromatic rings. The van der Waals surface area contributed by atoms with Crippen LogP contribution in [0.15, 0.2) is 4.52 Å². The van der Waals surface area contributed by atoms with Crippen molar-refractivity contribution in [1.29, 1.82) is 0 Å². The van der Waals surface area contributed by atoms with Crippen LogP contribution in [-0.4, -0.2) is 28.9 Å². The molecule has 1 N–H and O–H groups in total. The van der Waals surface area contributed by atoms with Crippen molar-refractivity contribution >= 4 is 0 Å². The van der Waals surface area contributed by atoms with Gasteiger partial charge in [-0.05, 0) is 31.7 Å². The van der Waals surface area contributed by atoms with E-state index in [2.05, 4.69) is 22.4 Å². The normalized spacial score (nSPS) is 23.4. The molecule has 7 heteroatoms. The number of nitrogens with one attached hydrogen (secondary N) is 1. The van der Waals surface area contributed by atoms with E-state index in [9.17, 15) is 13.2 Å². The lowest BCUT2D eigenvalue weighted by Gasteiger charge is -2.31. The number of alkyl halides is 3. The van der Waals surface area contributed by atoms with Crippen LogP contribution >= 0.6 is 0 Å². The molecule has 2 rings (SSSR count). The topological polar surface area (TPSA) is 51.0 Å². The molecule has 2 atom stereocenters. The lowest BCUT2D eigenvalue weighted by atomic mass is 9.82. The molecule has 1 aliphatic rings. The van der Waals surface area contributed by atoms with Crippen molar-refractivity contribution in [2.45, 2.75) is 64.1 Å². The van der Waals surface area contributed by atoms with Crippen LogP contribution in [0.1, 0.15) is 50.7 Å². The largest absolute Gasteiger partial charge is 0.396 e. The van der Waals surface area contributed by atoms with Crippen LogP contribution in [0.25, 0.3) is 0 Å². The van der Waals surface area contributed by atoms with E-state index in [0.29, 0.717) is 24.3 Å². The highest BCUT2D eigenvalue weighted by Crippen LogP contribution is 2.27. The smallest absolute Gasteiger partial charge is 0.339 e. The minimum Gasteiger partial charge on any atom is -0.339 e. The molecule has 2 unspecified atom stereocenters. The van der Waals surface area contributed by atoms with Gasteiger partial charge in [0, 0.05) is 12.5 Å². The molecule has 1 aliphatic carbocycles. The van der Waals surface area contributed by atoms with Gasteiger partial charge in [0.25, 0.3) is 0 Å². The lowest BCUT2D eigenvalue weighted by Crippen LogP contribution is -2.39. The molecule has 0 amide bonds. The van der Waals surface area contributed by atoms with Gasteiger partial charge in [0.15, 0.2) is 5.82 Å². The molecule has 4 nitrogen and oxygen atoms in total. The average molecular weight is 305 g/mol. The summed E-state index contributed by atoms with van der Waals surface area (Å²) in [7, 11) is 0.